The van der Waals surface area contributed by atoms with E-state index in [1.165, 1.54) is 91.5 Å². The minimum absolute atomic E-state index is 0.610. The van der Waals surface area contributed by atoms with Gasteiger partial charge in [0.15, 0.2) is 0 Å². The van der Waals surface area contributed by atoms with Gasteiger partial charge in [-0.25, -0.2) is 0 Å². The number of aliphatic hydroxyl groups excluding tert-OH is 1. The second-order valence-electron chi connectivity index (χ2n) is 6.81. The Bertz CT molecular complexity index is 218. The Labute approximate surface area is 165 Å². The van der Waals surface area contributed by atoms with Crippen molar-refractivity contribution >= 4 is 0 Å². The van der Waals surface area contributed by atoms with Crippen molar-refractivity contribution in [2.45, 2.75) is 104 Å². The summed E-state index contributed by atoms with van der Waals surface area (Å²) in [5, 5.41) is 7.00. The minimum Gasteiger partial charge on any atom is -0.400 e. The Kier molecular flexibility index (Phi) is 24.0. The fraction of sp³-hybridized carbons (Fsp3) is 0.905. The van der Waals surface area contributed by atoms with Crippen LogP contribution in [0.5, 0.6) is 0 Å². The maximum Gasteiger partial charge on any atom is 0.0319 e. The number of hydrogen-bond acceptors (Lipinski definition) is 2. The summed E-state index contributed by atoms with van der Waals surface area (Å²) in [6, 6.07) is 0.610. The van der Waals surface area contributed by atoms with Crippen molar-refractivity contribution in [2.24, 2.45) is 15.2 Å². The first-order chi connectivity index (χ1) is 11.7. The van der Waals surface area contributed by atoms with Gasteiger partial charge in [-0.15, -0.1) is 0 Å². The Hall–Kier alpha value is 0.500. The van der Waals surface area contributed by atoms with Gasteiger partial charge in [-0.1, -0.05) is 52.4 Å². The molecule has 0 bridgehead atoms. The predicted octanol–water partition coefficient (Wildman–Crippen LogP) is 6.71. The van der Waals surface area contributed by atoms with E-state index in [2.05, 4.69) is 43.9 Å². The molecule has 3 heteroatoms. The van der Waals surface area contributed by atoms with Gasteiger partial charge in [0.1, 0.15) is 0 Å². The predicted molar refractivity (Wildman–Crippen MR) is 103 cm³/mol. The number of rotatable bonds is 4. The molecule has 0 spiro atoms. The van der Waals surface area contributed by atoms with Crippen LogP contribution in [0.4, 0.5) is 0 Å². The molecule has 1 atom stereocenters. The molecule has 0 heterocycles. The summed E-state index contributed by atoms with van der Waals surface area (Å²) in [6.45, 7) is 8.90. The average molecular weight is 507 g/mol. The topological polar surface area (TPSA) is 32.6 Å². The molecule has 1 unspecified atom stereocenters. The largest absolute Gasteiger partial charge is 0.400 e. The van der Waals surface area contributed by atoms with Crippen molar-refractivity contribution in [2.75, 3.05) is 7.11 Å². The van der Waals surface area contributed by atoms with E-state index in [0.29, 0.717) is 6.04 Å². The number of aliphatic hydroxyl groups is 1. The third-order valence-electron chi connectivity index (χ3n) is 5.06. The summed E-state index contributed by atoms with van der Waals surface area (Å²) in [5.41, 5.74) is 0. The van der Waals surface area contributed by atoms with Crippen molar-refractivity contribution < 1.29 is 26.0 Å². The second-order valence-corrected chi connectivity index (χ2v) is 7.64. The third-order valence-corrected chi connectivity index (χ3v) is 6.48. The van der Waals surface area contributed by atoms with E-state index in [4.69, 9.17) is 5.11 Å². The standard InChI is InChI=1S/2C8H15.C4H9N.CH4O.Ta/c2*1-2-8-6-4-3-5-7-8;1-3-4(2)5;1-2;/h2*3,8H,2,4-7H2,1H3;4H,3H2,1-2H3;2H,1H3;/q2*-1;;;. The number of hydrogen-bond donors (Lipinski definition) is 1. The fourth-order valence-electron chi connectivity index (χ4n) is 2.89. The molecule has 2 aliphatic rings. The van der Waals surface area contributed by atoms with Crippen LogP contribution in [0, 0.1) is 24.7 Å². The van der Waals surface area contributed by atoms with E-state index >= 15 is 0 Å². The Balaban J connectivity index is 0. The van der Waals surface area contributed by atoms with E-state index in [1.807, 2.05) is 0 Å². The molecule has 0 aromatic heterocycles. The van der Waals surface area contributed by atoms with E-state index in [1.54, 1.807) is 0 Å². The minimum atomic E-state index is 0.610. The summed E-state index contributed by atoms with van der Waals surface area (Å²) < 4.78 is 4.12. The molecule has 0 radical (unpaired) electrons. The zero-order valence-corrected chi connectivity index (χ0v) is 20.2. The van der Waals surface area contributed by atoms with Crippen LogP contribution in [0.15, 0.2) is 3.34 Å². The summed E-state index contributed by atoms with van der Waals surface area (Å²) in [5.74, 6) is 2.11. The van der Waals surface area contributed by atoms with Gasteiger partial charge in [0.05, 0.1) is 0 Å². The van der Waals surface area contributed by atoms with Crippen LogP contribution in [-0.2, 0) is 20.9 Å². The van der Waals surface area contributed by atoms with Gasteiger partial charge in [0, 0.05) is 7.11 Å². The van der Waals surface area contributed by atoms with E-state index in [9.17, 15) is 0 Å². The molecule has 0 aromatic carbocycles. The SMILES string of the molecule is CCC(C)[N]=[Ta].CCC1CC[CH-]CC1.CCC1CC[CH-]CC1.CO. The summed E-state index contributed by atoms with van der Waals surface area (Å²) >= 11 is 1.18. The monoisotopic (exact) mass is 506 g/mol. The zero-order valence-electron chi connectivity index (χ0n) is 17.0. The van der Waals surface area contributed by atoms with Crippen LogP contribution in [0.3, 0.4) is 0 Å². The number of nitrogens with zero attached hydrogens (tertiary/aromatic N) is 1. The summed E-state index contributed by atoms with van der Waals surface area (Å²) in [7, 11) is 1.00. The van der Waals surface area contributed by atoms with Gasteiger partial charge in [-0.2, -0.15) is 25.7 Å². The van der Waals surface area contributed by atoms with Crippen LogP contribution < -0.4 is 0 Å². The van der Waals surface area contributed by atoms with Crippen LogP contribution in [0.2, 0.25) is 0 Å². The third kappa shape index (κ3) is 17.3. The molecular weight excluding hydrogens is 463 g/mol. The first-order valence-electron chi connectivity index (χ1n) is 10.1. The van der Waals surface area contributed by atoms with Crippen LogP contribution in [0.1, 0.15) is 98.3 Å². The summed E-state index contributed by atoms with van der Waals surface area (Å²) in [6.07, 6.45) is 20.1. The van der Waals surface area contributed by atoms with E-state index in [0.717, 1.165) is 18.9 Å². The van der Waals surface area contributed by atoms with Crippen molar-refractivity contribution in [1.82, 2.24) is 0 Å². The van der Waals surface area contributed by atoms with Crippen LogP contribution >= 0.6 is 0 Å². The Morgan fingerprint density at radius 3 is 1.33 bits per heavy atom. The first kappa shape index (κ1) is 26.7. The average Bonchev–Trinajstić information content (AvgIpc) is 2.71. The van der Waals surface area contributed by atoms with Gasteiger partial charge < -0.3 is 17.9 Å². The van der Waals surface area contributed by atoms with Gasteiger partial charge in [0.2, 0.25) is 0 Å². The molecule has 2 nitrogen and oxygen atoms in total. The molecule has 0 amide bonds. The van der Waals surface area contributed by atoms with Crippen LogP contribution in [0.25, 0.3) is 0 Å². The molecule has 145 valence electrons. The van der Waals surface area contributed by atoms with Gasteiger partial charge in [-0.05, 0) is 11.8 Å². The van der Waals surface area contributed by atoms with Gasteiger partial charge in [0.25, 0.3) is 0 Å². The molecule has 0 saturated heterocycles. The smallest absolute Gasteiger partial charge is 0.0319 e. The van der Waals surface area contributed by atoms with Crippen molar-refractivity contribution in [3.05, 3.63) is 12.8 Å². The summed E-state index contributed by atoms with van der Waals surface area (Å²) in [4.78, 5) is 0. The van der Waals surface area contributed by atoms with E-state index < -0.39 is 0 Å². The first-order valence-corrected chi connectivity index (χ1v) is 11.5. The second kappa shape index (κ2) is 21.5. The van der Waals surface area contributed by atoms with Gasteiger partial charge in [-0.3, -0.25) is 0 Å². The Morgan fingerprint density at radius 1 is 0.875 bits per heavy atom. The maximum atomic E-state index is 7.00. The quantitative estimate of drug-likeness (QED) is 0.423. The molecule has 2 aliphatic carbocycles. The molecular formula is C21H43NOTa-2. The van der Waals surface area contributed by atoms with E-state index in [-0.39, 0.29) is 0 Å². The normalized spacial score (nSPS) is 19.4. The molecule has 0 aliphatic heterocycles. The molecule has 1 N–H and O–H groups in total. The van der Waals surface area contributed by atoms with Crippen LogP contribution in [-0.4, -0.2) is 18.3 Å². The molecule has 2 fully saturated rings. The maximum absolute atomic E-state index is 7.00. The molecule has 24 heavy (non-hydrogen) atoms. The van der Waals surface area contributed by atoms with Crippen molar-refractivity contribution in [3.8, 4) is 0 Å². The molecule has 0 aromatic rings. The van der Waals surface area contributed by atoms with Crippen molar-refractivity contribution in [3.63, 3.8) is 0 Å². The van der Waals surface area contributed by atoms with Crippen molar-refractivity contribution in [1.29, 1.82) is 0 Å². The zero-order chi connectivity index (χ0) is 18.6. The molecule has 2 saturated carbocycles. The molecule has 2 rings (SSSR count). The fourth-order valence-corrected chi connectivity index (χ4v) is 3.48. The Morgan fingerprint density at radius 2 is 1.21 bits per heavy atom. The van der Waals surface area contributed by atoms with Gasteiger partial charge >= 0.3 is 50.5 Å².